The topological polar surface area (TPSA) is 44.5 Å². The number of methoxy groups -OCH3 is 2. The van der Waals surface area contributed by atoms with Crippen molar-refractivity contribution >= 4 is 0 Å². The van der Waals surface area contributed by atoms with E-state index in [0.717, 1.165) is 17.1 Å². The summed E-state index contributed by atoms with van der Waals surface area (Å²) < 4.78 is 10.3. The second-order valence-electron chi connectivity index (χ2n) is 3.28. The molecule has 1 aromatic rings. The molecule has 1 aromatic carbocycles. The van der Waals surface area contributed by atoms with Crippen molar-refractivity contribution in [2.45, 2.75) is 12.8 Å². The largest absolute Gasteiger partial charge is 0.497 e. The number of hydrogen-bond donors (Lipinski definition) is 1. The van der Waals surface area contributed by atoms with Crippen molar-refractivity contribution in [1.82, 2.24) is 0 Å². The third kappa shape index (κ3) is 2.39. The summed E-state index contributed by atoms with van der Waals surface area (Å²) in [6, 6.07) is 5.83. The van der Waals surface area contributed by atoms with E-state index >= 15 is 0 Å². The third-order valence-electron chi connectivity index (χ3n) is 2.30. The zero-order valence-corrected chi connectivity index (χ0v) is 8.91. The number of rotatable bonds is 4. The molecule has 3 heteroatoms. The summed E-state index contributed by atoms with van der Waals surface area (Å²) in [6.07, 6.45) is 0. The molecule has 0 saturated heterocycles. The Balaban J connectivity index is 3.04. The quantitative estimate of drug-likeness (QED) is 0.796. The Morgan fingerprint density at radius 3 is 2.00 bits per heavy atom. The number of hydrogen-bond acceptors (Lipinski definition) is 3. The maximum atomic E-state index is 5.61. The summed E-state index contributed by atoms with van der Waals surface area (Å²) in [7, 11) is 3.29. The van der Waals surface area contributed by atoms with Crippen LogP contribution in [0.15, 0.2) is 18.2 Å². The minimum absolute atomic E-state index is 0.319. The standard InChI is InChI=1S/C11H17NO2/c1-8(7-12)9-4-10(13-2)6-11(5-9)14-3/h4-6,8H,7,12H2,1-3H3/t8-/m0/s1. The van der Waals surface area contributed by atoms with Crippen LogP contribution in [0.2, 0.25) is 0 Å². The van der Waals surface area contributed by atoms with Crippen LogP contribution in [0.4, 0.5) is 0 Å². The Labute approximate surface area is 84.8 Å². The van der Waals surface area contributed by atoms with Gasteiger partial charge in [0, 0.05) is 6.07 Å². The summed E-state index contributed by atoms with van der Waals surface area (Å²) in [5.41, 5.74) is 6.75. The van der Waals surface area contributed by atoms with E-state index in [1.54, 1.807) is 14.2 Å². The second kappa shape index (κ2) is 4.86. The highest BCUT2D eigenvalue weighted by Gasteiger charge is 2.07. The van der Waals surface area contributed by atoms with Crippen LogP contribution in [-0.4, -0.2) is 20.8 Å². The lowest BCUT2D eigenvalue weighted by Crippen LogP contribution is -2.09. The zero-order chi connectivity index (χ0) is 10.6. The van der Waals surface area contributed by atoms with E-state index in [0.29, 0.717) is 12.5 Å². The predicted molar refractivity (Wildman–Crippen MR) is 57.0 cm³/mol. The van der Waals surface area contributed by atoms with Crippen LogP contribution in [0.3, 0.4) is 0 Å². The van der Waals surface area contributed by atoms with Crippen LogP contribution in [0.25, 0.3) is 0 Å². The molecule has 0 fully saturated rings. The Morgan fingerprint density at radius 2 is 1.64 bits per heavy atom. The molecule has 1 rings (SSSR count). The number of nitrogens with two attached hydrogens (primary N) is 1. The minimum Gasteiger partial charge on any atom is -0.497 e. The zero-order valence-electron chi connectivity index (χ0n) is 8.91. The lowest BCUT2D eigenvalue weighted by molar-refractivity contribution is 0.393. The molecule has 0 bridgehead atoms. The van der Waals surface area contributed by atoms with Crippen LogP contribution in [0.1, 0.15) is 18.4 Å². The summed E-state index contributed by atoms with van der Waals surface area (Å²) in [6.45, 7) is 2.70. The fraction of sp³-hybridized carbons (Fsp3) is 0.455. The molecule has 0 aromatic heterocycles. The summed E-state index contributed by atoms with van der Waals surface area (Å²) in [4.78, 5) is 0. The van der Waals surface area contributed by atoms with Crippen molar-refractivity contribution in [1.29, 1.82) is 0 Å². The highest BCUT2D eigenvalue weighted by atomic mass is 16.5. The normalized spacial score (nSPS) is 12.3. The molecule has 3 nitrogen and oxygen atoms in total. The molecule has 0 heterocycles. The van der Waals surface area contributed by atoms with Gasteiger partial charge in [-0.1, -0.05) is 6.92 Å². The smallest absolute Gasteiger partial charge is 0.122 e. The number of benzene rings is 1. The molecule has 0 unspecified atom stereocenters. The van der Waals surface area contributed by atoms with Gasteiger partial charge in [0.05, 0.1) is 14.2 Å². The van der Waals surface area contributed by atoms with Crippen molar-refractivity contribution in [2.24, 2.45) is 5.73 Å². The van der Waals surface area contributed by atoms with E-state index in [2.05, 4.69) is 6.92 Å². The van der Waals surface area contributed by atoms with Gasteiger partial charge in [0.2, 0.25) is 0 Å². The van der Waals surface area contributed by atoms with Gasteiger partial charge in [0.15, 0.2) is 0 Å². The van der Waals surface area contributed by atoms with Gasteiger partial charge in [0.25, 0.3) is 0 Å². The fourth-order valence-corrected chi connectivity index (χ4v) is 1.25. The fourth-order valence-electron chi connectivity index (χ4n) is 1.25. The predicted octanol–water partition coefficient (Wildman–Crippen LogP) is 1.77. The first kappa shape index (κ1) is 10.9. The Kier molecular flexibility index (Phi) is 3.77. The van der Waals surface area contributed by atoms with E-state index in [9.17, 15) is 0 Å². The van der Waals surface area contributed by atoms with Crippen molar-refractivity contribution < 1.29 is 9.47 Å². The molecule has 0 aliphatic rings. The maximum absolute atomic E-state index is 5.61. The molecule has 0 aliphatic carbocycles. The molecule has 1 atom stereocenters. The van der Waals surface area contributed by atoms with Gasteiger partial charge in [-0.15, -0.1) is 0 Å². The monoisotopic (exact) mass is 195 g/mol. The second-order valence-corrected chi connectivity index (χ2v) is 3.28. The Bertz CT molecular complexity index is 277. The molecular weight excluding hydrogens is 178 g/mol. The molecule has 0 radical (unpaired) electrons. The lowest BCUT2D eigenvalue weighted by atomic mass is 10.0. The van der Waals surface area contributed by atoms with Crippen molar-refractivity contribution in [3.05, 3.63) is 23.8 Å². The lowest BCUT2D eigenvalue weighted by Gasteiger charge is -2.12. The van der Waals surface area contributed by atoms with Crippen LogP contribution >= 0.6 is 0 Å². The van der Waals surface area contributed by atoms with Gasteiger partial charge >= 0.3 is 0 Å². The van der Waals surface area contributed by atoms with Crippen LogP contribution < -0.4 is 15.2 Å². The SMILES string of the molecule is COc1cc(OC)cc([C@@H](C)CN)c1. The first-order valence-electron chi connectivity index (χ1n) is 4.64. The summed E-state index contributed by atoms with van der Waals surface area (Å²) in [5, 5.41) is 0. The van der Waals surface area contributed by atoms with Gasteiger partial charge in [-0.2, -0.15) is 0 Å². The van der Waals surface area contributed by atoms with E-state index in [4.69, 9.17) is 15.2 Å². The van der Waals surface area contributed by atoms with E-state index < -0.39 is 0 Å². The van der Waals surface area contributed by atoms with Crippen molar-refractivity contribution in [3.63, 3.8) is 0 Å². The summed E-state index contributed by atoms with van der Waals surface area (Å²) >= 11 is 0. The molecule has 14 heavy (non-hydrogen) atoms. The molecule has 0 amide bonds. The molecule has 0 aliphatic heterocycles. The van der Waals surface area contributed by atoms with Crippen molar-refractivity contribution in [3.8, 4) is 11.5 Å². The van der Waals surface area contributed by atoms with Crippen LogP contribution in [0, 0.1) is 0 Å². The van der Waals surface area contributed by atoms with Gasteiger partial charge < -0.3 is 15.2 Å². The van der Waals surface area contributed by atoms with Gasteiger partial charge in [-0.05, 0) is 30.2 Å². The minimum atomic E-state index is 0.319. The Morgan fingerprint density at radius 1 is 1.14 bits per heavy atom. The van der Waals surface area contributed by atoms with E-state index in [1.165, 1.54) is 0 Å². The first-order valence-corrected chi connectivity index (χ1v) is 4.64. The van der Waals surface area contributed by atoms with Gasteiger partial charge in [-0.25, -0.2) is 0 Å². The first-order chi connectivity index (χ1) is 6.71. The highest BCUT2D eigenvalue weighted by Crippen LogP contribution is 2.26. The molecule has 78 valence electrons. The molecule has 0 spiro atoms. The van der Waals surface area contributed by atoms with E-state index in [-0.39, 0.29) is 0 Å². The summed E-state index contributed by atoms with van der Waals surface area (Å²) in [5.74, 6) is 1.93. The van der Waals surface area contributed by atoms with E-state index in [1.807, 2.05) is 18.2 Å². The molecule has 0 saturated carbocycles. The maximum Gasteiger partial charge on any atom is 0.122 e. The molecular formula is C11H17NO2. The third-order valence-corrected chi connectivity index (χ3v) is 2.30. The number of ether oxygens (including phenoxy) is 2. The van der Waals surface area contributed by atoms with Crippen LogP contribution in [-0.2, 0) is 0 Å². The Hall–Kier alpha value is -1.22. The van der Waals surface area contributed by atoms with Gasteiger partial charge in [0.1, 0.15) is 11.5 Å². The molecule has 2 N–H and O–H groups in total. The van der Waals surface area contributed by atoms with Gasteiger partial charge in [-0.3, -0.25) is 0 Å². The van der Waals surface area contributed by atoms with Crippen LogP contribution in [0.5, 0.6) is 11.5 Å². The average molecular weight is 195 g/mol. The average Bonchev–Trinajstić information content (AvgIpc) is 2.27. The van der Waals surface area contributed by atoms with Crippen molar-refractivity contribution in [2.75, 3.05) is 20.8 Å². The highest BCUT2D eigenvalue weighted by molar-refractivity contribution is 5.39.